The summed E-state index contributed by atoms with van der Waals surface area (Å²) in [5.41, 5.74) is 0. The number of carbonyl (C=O) groups excluding carboxylic acids is 1. The molecule has 1 heterocycles. The quantitative estimate of drug-likeness (QED) is 0.569. The van der Waals surface area contributed by atoms with Crippen LogP contribution in [-0.4, -0.2) is 24.8 Å². The van der Waals surface area contributed by atoms with Gasteiger partial charge in [0.1, 0.15) is 5.78 Å². The lowest BCUT2D eigenvalue weighted by atomic mass is 10.2. The smallest absolute Gasteiger partial charge is 0.177 e. The number of hydrogen-bond acceptors (Lipinski definition) is 3. The zero-order valence-corrected chi connectivity index (χ0v) is 6.58. The van der Waals surface area contributed by atoms with Crippen molar-refractivity contribution in [2.45, 2.75) is 25.7 Å². The van der Waals surface area contributed by atoms with Crippen molar-refractivity contribution in [3.63, 3.8) is 0 Å². The van der Waals surface area contributed by atoms with Gasteiger partial charge in [0.15, 0.2) is 6.29 Å². The van der Waals surface area contributed by atoms with Crippen LogP contribution < -0.4 is 0 Å². The zero-order chi connectivity index (χ0) is 8.27. The van der Waals surface area contributed by atoms with Gasteiger partial charge in [0, 0.05) is 6.42 Å². The first-order chi connectivity index (χ1) is 5.22. The van der Waals surface area contributed by atoms with Gasteiger partial charge in [-0.15, -0.1) is 0 Å². The molecule has 1 rings (SSSR count). The van der Waals surface area contributed by atoms with E-state index in [9.17, 15) is 4.79 Å². The monoisotopic (exact) mass is 156 g/mol. The second-order valence-corrected chi connectivity index (χ2v) is 2.60. The minimum absolute atomic E-state index is 0.0736. The molecule has 0 aromatic rings. The molecular weight excluding hydrogens is 144 g/mol. The summed E-state index contributed by atoms with van der Waals surface area (Å²) in [6.45, 7) is 5.56. The maximum Gasteiger partial charge on any atom is 0.177 e. The number of ketones is 1. The fraction of sp³-hybridized carbons (Fsp3) is 0.625. The van der Waals surface area contributed by atoms with Gasteiger partial charge in [-0.05, 0) is 13.0 Å². The van der Waals surface area contributed by atoms with Crippen LogP contribution in [0.1, 0.15) is 13.3 Å². The third-order valence-electron chi connectivity index (χ3n) is 1.48. The molecule has 0 aliphatic carbocycles. The summed E-state index contributed by atoms with van der Waals surface area (Å²) in [5.74, 6) is 0.128. The van der Waals surface area contributed by atoms with Gasteiger partial charge in [0.2, 0.25) is 0 Å². The fourth-order valence-corrected chi connectivity index (χ4v) is 1.02. The first kappa shape index (κ1) is 8.43. The molecule has 3 heteroatoms. The van der Waals surface area contributed by atoms with Crippen molar-refractivity contribution in [1.82, 2.24) is 0 Å². The summed E-state index contributed by atoms with van der Waals surface area (Å²) in [6.07, 6.45) is 1.62. The molecule has 62 valence electrons. The van der Waals surface area contributed by atoms with Gasteiger partial charge in [0.25, 0.3) is 0 Å². The van der Waals surface area contributed by atoms with E-state index in [1.54, 1.807) is 13.0 Å². The molecular formula is C8H12O3. The summed E-state index contributed by atoms with van der Waals surface area (Å²) >= 11 is 0. The molecule has 0 N–H and O–H groups in total. The van der Waals surface area contributed by atoms with E-state index < -0.39 is 0 Å². The van der Waals surface area contributed by atoms with E-state index >= 15 is 0 Å². The Morgan fingerprint density at radius 1 is 1.82 bits per heavy atom. The number of ether oxygens (including phenoxy) is 2. The van der Waals surface area contributed by atoms with Gasteiger partial charge in [-0.1, -0.05) is 6.58 Å². The van der Waals surface area contributed by atoms with Crippen LogP contribution in [0.25, 0.3) is 0 Å². The maximum atomic E-state index is 10.6. The highest BCUT2D eigenvalue weighted by molar-refractivity contribution is 5.76. The van der Waals surface area contributed by atoms with E-state index in [4.69, 9.17) is 9.47 Å². The van der Waals surface area contributed by atoms with Crippen molar-refractivity contribution in [1.29, 1.82) is 0 Å². The van der Waals surface area contributed by atoms with E-state index in [2.05, 4.69) is 6.58 Å². The molecule has 0 saturated carbocycles. The van der Waals surface area contributed by atoms with Crippen LogP contribution in [0.3, 0.4) is 0 Å². The van der Waals surface area contributed by atoms with Gasteiger partial charge in [-0.25, -0.2) is 0 Å². The van der Waals surface area contributed by atoms with Crippen LogP contribution in [-0.2, 0) is 14.3 Å². The van der Waals surface area contributed by atoms with Gasteiger partial charge in [-0.2, -0.15) is 0 Å². The molecule has 2 atom stereocenters. The standard InChI is InChI=1S/C8H12O3/c1-3-8-10-5-7(11-8)4-6(2)9/h3,7-8H,1,4-5H2,2H3. The van der Waals surface area contributed by atoms with E-state index in [0.717, 1.165) is 0 Å². The Balaban J connectivity index is 2.29. The molecule has 11 heavy (non-hydrogen) atoms. The molecule has 1 aliphatic heterocycles. The molecule has 1 fully saturated rings. The lowest BCUT2D eigenvalue weighted by molar-refractivity contribution is -0.119. The Labute approximate surface area is 66.0 Å². The topological polar surface area (TPSA) is 35.5 Å². The minimum Gasteiger partial charge on any atom is -0.346 e. The Bertz CT molecular complexity index is 165. The van der Waals surface area contributed by atoms with Gasteiger partial charge < -0.3 is 9.47 Å². The van der Waals surface area contributed by atoms with Crippen molar-refractivity contribution >= 4 is 5.78 Å². The van der Waals surface area contributed by atoms with Crippen LogP contribution >= 0.6 is 0 Å². The van der Waals surface area contributed by atoms with Gasteiger partial charge >= 0.3 is 0 Å². The van der Waals surface area contributed by atoms with Crippen molar-refractivity contribution in [2.24, 2.45) is 0 Å². The predicted molar refractivity (Wildman–Crippen MR) is 40.1 cm³/mol. The van der Waals surface area contributed by atoms with Gasteiger partial charge in [-0.3, -0.25) is 4.79 Å². The Morgan fingerprint density at radius 3 is 3.00 bits per heavy atom. The molecule has 0 spiro atoms. The van der Waals surface area contributed by atoms with E-state index in [0.29, 0.717) is 13.0 Å². The lowest BCUT2D eigenvalue weighted by Crippen LogP contribution is -2.14. The van der Waals surface area contributed by atoms with Crippen molar-refractivity contribution < 1.29 is 14.3 Å². The van der Waals surface area contributed by atoms with E-state index in [1.807, 2.05) is 0 Å². The highest BCUT2D eigenvalue weighted by Crippen LogP contribution is 2.14. The molecule has 1 aliphatic rings. The molecule has 2 unspecified atom stereocenters. The average molecular weight is 156 g/mol. The van der Waals surface area contributed by atoms with E-state index in [-0.39, 0.29) is 18.2 Å². The van der Waals surface area contributed by atoms with Crippen molar-refractivity contribution in [3.05, 3.63) is 12.7 Å². The predicted octanol–water partition coefficient (Wildman–Crippen LogP) is 0.893. The van der Waals surface area contributed by atoms with Crippen molar-refractivity contribution in [3.8, 4) is 0 Å². The minimum atomic E-state index is -0.320. The molecule has 0 bridgehead atoms. The van der Waals surface area contributed by atoms with Crippen LogP contribution in [0.5, 0.6) is 0 Å². The second-order valence-electron chi connectivity index (χ2n) is 2.60. The van der Waals surface area contributed by atoms with Crippen LogP contribution in [0.15, 0.2) is 12.7 Å². The average Bonchev–Trinajstić information content (AvgIpc) is 2.34. The summed E-state index contributed by atoms with van der Waals surface area (Å²) in [7, 11) is 0. The highest BCUT2D eigenvalue weighted by atomic mass is 16.7. The molecule has 0 radical (unpaired) electrons. The normalized spacial score (nSPS) is 30.3. The fourth-order valence-electron chi connectivity index (χ4n) is 1.02. The molecule has 0 aromatic carbocycles. The number of rotatable bonds is 3. The first-order valence-electron chi connectivity index (χ1n) is 3.61. The Kier molecular flexibility index (Phi) is 2.79. The number of hydrogen-bond donors (Lipinski definition) is 0. The highest BCUT2D eigenvalue weighted by Gasteiger charge is 2.24. The van der Waals surface area contributed by atoms with Crippen LogP contribution in [0.2, 0.25) is 0 Å². The molecule has 0 aromatic heterocycles. The van der Waals surface area contributed by atoms with Crippen molar-refractivity contribution in [2.75, 3.05) is 6.61 Å². The molecule has 1 saturated heterocycles. The zero-order valence-electron chi connectivity index (χ0n) is 6.58. The lowest BCUT2D eigenvalue weighted by Gasteiger charge is -2.04. The summed E-state index contributed by atoms with van der Waals surface area (Å²) < 4.78 is 10.4. The molecule has 3 nitrogen and oxygen atoms in total. The van der Waals surface area contributed by atoms with Gasteiger partial charge in [0.05, 0.1) is 12.7 Å². The third-order valence-corrected chi connectivity index (χ3v) is 1.48. The Hall–Kier alpha value is -0.670. The molecule has 0 amide bonds. The number of Topliss-reactive ketones (excluding diaryl/α,β-unsaturated/α-hetero) is 1. The van der Waals surface area contributed by atoms with Crippen LogP contribution in [0, 0.1) is 0 Å². The summed E-state index contributed by atoms with van der Waals surface area (Å²) in [4.78, 5) is 10.6. The Morgan fingerprint density at radius 2 is 2.55 bits per heavy atom. The largest absolute Gasteiger partial charge is 0.346 e. The van der Waals surface area contributed by atoms with Crippen LogP contribution in [0.4, 0.5) is 0 Å². The third kappa shape index (κ3) is 2.44. The summed E-state index contributed by atoms with van der Waals surface area (Å²) in [5, 5.41) is 0. The van der Waals surface area contributed by atoms with E-state index in [1.165, 1.54) is 0 Å². The summed E-state index contributed by atoms with van der Waals surface area (Å²) in [6, 6.07) is 0. The number of carbonyl (C=O) groups is 1. The SMILES string of the molecule is C=CC1OCC(CC(C)=O)O1. The second kappa shape index (κ2) is 3.64. The first-order valence-corrected chi connectivity index (χ1v) is 3.61. The maximum absolute atomic E-state index is 10.6.